The zero-order valence-electron chi connectivity index (χ0n) is 12.0. The molecule has 1 aromatic rings. The highest BCUT2D eigenvalue weighted by Crippen LogP contribution is 2.30. The summed E-state index contributed by atoms with van der Waals surface area (Å²) >= 11 is 5.96. The number of hydrogen-bond donors (Lipinski definition) is 0. The first-order chi connectivity index (χ1) is 10.2. The highest BCUT2D eigenvalue weighted by atomic mass is 35.5. The van der Waals surface area contributed by atoms with Gasteiger partial charge < -0.3 is 14.4 Å². The number of fused-ring (bicyclic) bond motifs is 1. The summed E-state index contributed by atoms with van der Waals surface area (Å²) in [7, 11) is 1.72. The van der Waals surface area contributed by atoms with Gasteiger partial charge in [0.25, 0.3) is 5.91 Å². The monoisotopic (exact) mass is 310 g/mol. The minimum atomic E-state index is -0.0763. The van der Waals surface area contributed by atoms with Gasteiger partial charge in [-0.2, -0.15) is 0 Å². The van der Waals surface area contributed by atoms with Crippen molar-refractivity contribution in [3.8, 4) is 0 Å². The van der Waals surface area contributed by atoms with E-state index in [1.807, 2.05) is 4.90 Å². The van der Waals surface area contributed by atoms with E-state index in [2.05, 4.69) is 4.98 Å². The van der Waals surface area contributed by atoms with Crippen LogP contribution in [0.5, 0.6) is 0 Å². The molecule has 6 heteroatoms. The molecule has 0 unspecified atom stereocenters. The van der Waals surface area contributed by atoms with Gasteiger partial charge >= 0.3 is 0 Å². The summed E-state index contributed by atoms with van der Waals surface area (Å²) in [5, 5.41) is 0.525. The summed E-state index contributed by atoms with van der Waals surface area (Å²) in [4.78, 5) is 18.7. The van der Waals surface area contributed by atoms with Crippen LogP contribution in [0.15, 0.2) is 18.3 Å². The molecule has 0 N–H and O–H groups in total. The van der Waals surface area contributed by atoms with Crippen molar-refractivity contribution in [2.75, 3.05) is 20.3 Å². The van der Waals surface area contributed by atoms with Gasteiger partial charge in [-0.1, -0.05) is 11.6 Å². The molecular formula is C15H19ClN2O3. The molecular weight excluding hydrogens is 292 g/mol. The maximum atomic E-state index is 12.7. The molecule has 2 fully saturated rings. The fourth-order valence-corrected chi connectivity index (χ4v) is 3.37. The van der Waals surface area contributed by atoms with Crippen molar-refractivity contribution in [1.29, 1.82) is 0 Å². The van der Waals surface area contributed by atoms with E-state index >= 15 is 0 Å². The molecule has 0 radical (unpaired) electrons. The van der Waals surface area contributed by atoms with E-state index in [0.717, 1.165) is 19.3 Å². The van der Waals surface area contributed by atoms with Crippen molar-refractivity contribution in [2.24, 2.45) is 0 Å². The SMILES string of the molecule is CO[C@@H]1CC[C@H]2OCCN(C(=O)c3cc(Cl)ccn3)[C@H]2C1. The third-order valence-corrected chi connectivity index (χ3v) is 4.54. The lowest BCUT2D eigenvalue weighted by Gasteiger charge is -2.45. The van der Waals surface area contributed by atoms with Crippen molar-refractivity contribution < 1.29 is 14.3 Å². The molecule has 5 nitrogen and oxygen atoms in total. The third kappa shape index (κ3) is 3.05. The number of amides is 1. The van der Waals surface area contributed by atoms with Crippen LogP contribution in [-0.2, 0) is 9.47 Å². The van der Waals surface area contributed by atoms with Crippen LogP contribution in [0.25, 0.3) is 0 Å². The molecule has 2 aliphatic rings. The van der Waals surface area contributed by atoms with Crippen LogP contribution in [-0.4, -0.2) is 54.3 Å². The zero-order chi connectivity index (χ0) is 14.8. The number of hydrogen-bond acceptors (Lipinski definition) is 4. The van der Waals surface area contributed by atoms with Gasteiger partial charge in [-0.25, -0.2) is 0 Å². The first-order valence-corrected chi connectivity index (χ1v) is 7.63. The van der Waals surface area contributed by atoms with Gasteiger partial charge in [0.1, 0.15) is 5.69 Å². The summed E-state index contributed by atoms with van der Waals surface area (Å²) in [5.41, 5.74) is 0.391. The van der Waals surface area contributed by atoms with Crippen LogP contribution in [0.2, 0.25) is 5.02 Å². The van der Waals surface area contributed by atoms with Gasteiger partial charge in [0.2, 0.25) is 0 Å². The minimum absolute atomic E-state index is 0.0609. The van der Waals surface area contributed by atoms with Gasteiger partial charge in [-0.05, 0) is 31.4 Å². The Bertz CT molecular complexity index is 525. The van der Waals surface area contributed by atoms with E-state index in [1.54, 1.807) is 25.4 Å². The summed E-state index contributed by atoms with van der Waals surface area (Å²) in [6.07, 6.45) is 4.58. The molecule has 1 aliphatic heterocycles. The largest absolute Gasteiger partial charge is 0.381 e. The lowest BCUT2D eigenvalue weighted by molar-refractivity contribution is -0.101. The summed E-state index contributed by atoms with van der Waals surface area (Å²) in [5.74, 6) is -0.0763. The van der Waals surface area contributed by atoms with Crippen LogP contribution >= 0.6 is 11.6 Å². The molecule has 0 spiro atoms. The lowest BCUT2D eigenvalue weighted by Crippen LogP contribution is -2.57. The molecule has 114 valence electrons. The highest BCUT2D eigenvalue weighted by Gasteiger charge is 2.40. The van der Waals surface area contributed by atoms with Gasteiger partial charge in [-0.15, -0.1) is 0 Å². The average molecular weight is 311 g/mol. The number of pyridine rings is 1. The van der Waals surface area contributed by atoms with Gasteiger partial charge in [-0.3, -0.25) is 9.78 Å². The van der Waals surface area contributed by atoms with Crippen molar-refractivity contribution in [3.63, 3.8) is 0 Å². The number of carbonyl (C=O) groups excluding carboxylic acids is 1. The summed E-state index contributed by atoms with van der Waals surface area (Å²) in [6.45, 7) is 1.16. The minimum Gasteiger partial charge on any atom is -0.381 e. The number of rotatable bonds is 2. The number of carbonyl (C=O) groups is 1. The Morgan fingerprint density at radius 1 is 1.52 bits per heavy atom. The molecule has 21 heavy (non-hydrogen) atoms. The molecule has 1 saturated heterocycles. The molecule has 0 bridgehead atoms. The summed E-state index contributed by atoms with van der Waals surface area (Å²) in [6, 6.07) is 3.35. The van der Waals surface area contributed by atoms with Crippen molar-refractivity contribution in [1.82, 2.24) is 9.88 Å². The highest BCUT2D eigenvalue weighted by molar-refractivity contribution is 6.30. The maximum absolute atomic E-state index is 12.7. The smallest absolute Gasteiger partial charge is 0.272 e. The topological polar surface area (TPSA) is 51.7 Å². The third-order valence-electron chi connectivity index (χ3n) is 4.31. The predicted octanol–water partition coefficient (Wildman–Crippen LogP) is 2.14. The normalized spacial score (nSPS) is 29.0. The van der Waals surface area contributed by atoms with Crippen LogP contribution in [0.3, 0.4) is 0 Å². The Morgan fingerprint density at radius 2 is 2.38 bits per heavy atom. The Morgan fingerprint density at radius 3 is 3.14 bits per heavy atom. The molecule has 3 rings (SSSR count). The van der Waals surface area contributed by atoms with Gasteiger partial charge in [0.15, 0.2) is 0 Å². The second-order valence-corrected chi connectivity index (χ2v) is 5.94. The Balaban J connectivity index is 1.80. The number of halogens is 1. The Labute approximate surface area is 129 Å². The van der Waals surface area contributed by atoms with Gasteiger partial charge in [0, 0.05) is 24.9 Å². The molecule has 1 amide bonds. The lowest BCUT2D eigenvalue weighted by atomic mass is 9.87. The first kappa shape index (κ1) is 14.8. The number of morpholine rings is 1. The number of nitrogens with zero attached hydrogens (tertiary/aromatic N) is 2. The predicted molar refractivity (Wildman–Crippen MR) is 78.5 cm³/mol. The quantitative estimate of drug-likeness (QED) is 0.840. The van der Waals surface area contributed by atoms with E-state index in [4.69, 9.17) is 21.1 Å². The van der Waals surface area contributed by atoms with E-state index in [9.17, 15) is 4.79 Å². The Hall–Kier alpha value is -1.17. The summed E-state index contributed by atoms with van der Waals surface area (Å²) < 4.78 is 11.3. The maximum Gasteiger partial charge on any atom is 0.272 e. The molecule has 0 aromatic carbocycles. The Kier molecular flexibility index (Phi) is 4.42. The van der Waals surface area contributed by atoms with Crippen molar-refractivity contribution in [2.45, 2.75) is 37.5 Å². The van der Waals surface area contributed by atoms with Crippen LogP contribution in [0, 0.1) is 0 Å². The molecule has 2 heterocycles. The standard InChI is InChI=1S/C15H19ClN2O3/c1-20-11-2-3-14-13(9-11)18(6-7-21-14)15(19)12-8-10(16)4-5-17-12/h4-5,8,11,13-14H,2-3,6-7,9H2,1H3/t11-,13+,14-/m1/s1. The fraction of sp³-hybridized carbons (Fsp3) is 0.600. The molecule has 1 saturated carbocycles. The first-order valence-electron chi connectivity index (χ1n) is 7.26. The zero-order valence-corrected chi connectivity index (χ0v) is 12.8. The average Bonchev–Trinajstić information content (AvgIpc) is 2.53. The van der Waals surface area contributed by atoms with E-state index in [0.29, 0.717) is 23.9 Å². The van der Waals surface area contributed by atoms with Crippen LogP contribution < -0.4 is 0 Å². The van der Waals surface area contributed by atoms with E-state index < -0.39 is 0 Å². The van der Waals surface area contributed by atoms with E-state index in [-0.39, 0.29) is 24.2 Å². The van der Waals surface area contributed by atoms with Crippen LogP contribution in [0.1, 0.15) is 29.8 Å². The number of ether oxygens (including phenoxy) is 2. The second kappa shape index (κ2) is 6.30. The molecule has 1 aromatic heterocycles. The second-order valence-electron chi connectivity index (χ2n) is 5.51. The van der Waals surface area contributed by atoms with Crippen molar-refractivity contribution >= 4 is 17.5 Å². The van der Waals surface area contributed by atoms with Crippen molar-refractivity contribution in [3.05, 3.63) is 29.0 Å². The number of methoxy groups -OCH3 is 1. The molecule has 1 aliphatic carbocycles. The van der Waals surface area contributed by atoms with Crippen LogP contribution in [0.4, 0.5) is 0 Å². The van der Waals surface area contributed by atoms with E-state index in [1.165, 1.54) is 0 Å². The fourth-order valence-electron chi connectivity index (χ4n) is 3.21. The van der Waals surface area contributed by atoms with Gasteiger partial charge in [0.05, 0.1) is 24.9 Å². The molecule has 3 atom stereocenters. The number of aromatic nitrogens is 1.